The summed E-state index contributed by atoms with van der Waals surface area (Å²) in [5.74, 6) is -0.748. The van der Waals surface area contributed by atoms with Crippen LogP contribution in [0.3, 0.4) is 0 Å². The smallest absolute Gasteiger partial charge is 0.164 e. The Balaban J connectivity index is 2.21. The Bertz CT molecular complexity index is 704. The molecule has 0 amide bonds. The van der Waals surface area contributed by atoms with Gasteiger partial charge in [-0.15, -0.1) is 0 Å². The molecule has 0 saturated carbocycles. The third-order valence-electron chi connectivity index (χ3n) is 3.05. The quantitative estimate of drug-likeness (QED) is 0.688. The predicted molar refractivity (Wildman–Crippen MR) is 85.2 cm³/mol. The Morgan fingerprint density at radius 2 is 1.67 bits per heavy atom. The number of carbonyl (C=O) groups is 1. The molecule has 0 heterocycles. The number of nitrogens with zero attached hydrogens (tertiary/aromatic N) is 1. The fourth-order valence-corrected chi connectivity index (χ4v) is 2.61. The summed E-state index contributed by atoms with van der Waals surface area (Å²) >= 11 is 17.7. The molecule has 0 aliphatic rings. The molecule has 0 fully saturated rings. The van der Waals surface area contributed by atoms with E-state index in [1.807, 2.05) is 0 Å². The number of nitriles is 1. The van der Waals surface area contributed by atoms with Crippen molar-refractivity contribution in [1.82, 2.24) is 0 Å². The number of rotatable bonds is 4. The van der Waals surface area contributed by atoms with E-state index in [4.69, 9.17) is 34.8 Å². The van der Waals surface area contributed by atoms with Gasteiger partial charge in [-0.25, -0.2) is 0 Å². The number of carbonyl (C=O) groups excluding carboxylic acids is 1. The lowest BCUT2D eigenvalue weighted by molar-refractivity contribution is 0.0979. The average Bonchev–Trinajstić information content (AvgIpc) is 2.46. The van der Waals surface area contributed by atoms with Gasteiger partial charge in [0.15, 0.2) is 5.78 Å². The summed E-state index contributed by atoms with van der Waals surface area (Å²) in [5.41, 5.74) is 1.12. The maximum atomic E-state index is 12.2. The Hall–Kier alpha value is -1.53. The third kappa shape index (κ3) is 3.98. The zero-order valence-electron chi connectivity index (χ0n) is 10.8. The fraction of sp³-hybridized carbons (Fsp3) is 0.125. The number of benzene rings is 2. The van der Waals surface area contributed by atoms with Gasteiger partial charge in [-0.3, -0.25) is 4.79 Å². The first-order chi connectivity index (χ1) is 10.0. The summed E-state index contributed by atoms with van der Waals surface area (Å²) in [6.45, 7) is 0. The molecule has 106 valence electrons. The van der Waals surface area contributed by atoms with Crippen molar-refractivity contribution in [2.24, 2.45) is 0 Å². The first kappa shape index (κ1) is 15.9. The van der Waals surface area contributed by atoms with Crippen LogP contribution in [0, 0.1) is 11.3 Å². The summed E-state index contributed by atoms with van der Waals surface area (Å²) in [6, 6.07) is 13.6. The van der Waals surface area contributed by atoms with E-state index in [2.05, 4.69) is 6.07 Å². The van der Waals surface area contributed by atoms with Gasteiger partial charge in [0.1, 0.15) is 0 Å². The van der Waals surface area contributed by atoms with Crippen molar-refractivity contribution in [3.8, 4) is 6.07 Å². The standard InChI is InChI=1S/C16H10Cl3NO/c17-12-3-1-10(2-4-12)16(21)7-11(9-20)14-6-5-13(18)8-15(14)19/h1-6,8,11H,7H2/t11-/m0/s1. The van der Waals surface area contributed by atoms with Crippen molar-refractivity contribution < 1.29 is 4.79 Å². The molecule has 0 radical (unpaired) electrons. The minimum absolute atomic E-state index is 0.0550. The van der Waals surface area contributed by atoms with Crippen LogP contribution in [0.15, 0.2) is 42.5 Å². The Kier molecular flexibility index (Phi) is 5.25. The van der Waals surface area contributed by atoms with Crippen LogP contribution in [0.1, 0.15) is 28.3 Å². The van der Waals surface area contributed by atoms with E-state index in [9.17, 15) is 10.1 Å². The first-order valence-corrected chi connectivity index (χ1v) is 7.28. The lowest BCUT2D eigenvalue weighted by atomic mass is 9.93. The van der Waals surface area contributed by atoms with Crippen LogP contribution in [0.5, 0.6) is 0 Å². The molecule has 0 spiro atoms. The Morgan fingerprint density at radius 1 is 1.05 bits per heavy atom. The number of halogens is 3. The van der Waals surface area contributed by atoms with Crippen molar-refractivity contribution in [1.29, 1.82) is 5.26 Å². The molecule has 2 nitrogen and oxygen atoms in total. The number of hydrogen-bond acceptors (Lipinski definition) is 2. The molecule has 0 bridgehead atoms. The second kappa shape index (κ2) is 6.95. The summed E-state index contributed by atoms with van der Waals surface area (Å²) in [5, 5.41) is 10.7. The minimum atomic E-state index is -0.613. The molecule has 5 heteroatoms. The predicted octanol–water partition coefficient (Wildman–Crippen LogP) is 5.53. The number of ketones is 1. The first-order valence-electron chi connectivity index (χ1n) is 6.14. The second-order valence-electron chi connectivity index (χ2n) is 4.48. The van der Waals surface area contributed by atoms with E-state index in [1.54, 1.807) is 42.5 Å². The van der Waals surface area contributed by atoms with Gasteiger partial charge in [-0.05, 0) is 42.0 Å². The van der Waals surface area contributed by atoms with Gasteiger partial charge in [0.25, 0.3) is 0 Å². The van der Waals surface area contributed by atoms with Crippen LogP contribution in [0.4, 0.5) is 0 Å². The third-order valence-corrected chi connectivity index (χ3v) is 3.86. The highest BCUT2D eigenvalue weighted by atomic mass is 35.5. The Labute approximate surface area is 137 Å². The number of hydrogen-bond donors (Lipinski definition) is 0. The fourth-order valence-electron chi connectivity index (χ4n) is 1.95. The van der Waals surface area contributed by atoms with E-state index in [-0.39, 0.29) is 12.2 Å². The van der Waals surface area contributed by atoms with Gasteiger partial charge >= 0.3 is 0 Å². The van der Waals surface area contributed by atoms with E-state index >= 15 is 0 Å². The molecule has 0 saturated heterocycles. The zero-order valence-corrected chi connectivity index (χ0v) is 13.1. The molecule has 2 aromatic rings. The Morgan fingerprint density at radius 3 is 2.24 bits per heavy atom. The molecule has 0 unspecified atom stereocenters. The van der Waals surface area contributed by atoms with Crippen LogP contribution in [-0.4, -0.2) is 5.78 Å². The highest BCUT2D eigenvalue weighted by Gasteiger charge is 2.19. The van der Waals surface area contributed by atoms with Gasteiger partial charge in [0, 0.05) is 27.1 Å². The molecule has 1 atom stereocenters. The van der Waals surface area contributed by atoms with E-state index in [0.29, 0.717) is 26.2 Å². The molecular weight excluding hydrogens is 329 g/mol. The summed E-state index contributed by atoms with van der Waals surface area (Å²) in [7, 11) is 0. The number of Topliss-reactive ketones (excluding diaryl/α,β-unsaturated/α-hetero) is 1. The van der Waals surface area contributed by atoms with Crippen LogP contribution >= 0.6 is 34.8 Å². The molecule has 0 aliphatic carbocycles. The van der Waals surface area contributed by atoms with Crippen molar-refractivity contribution >= 4 is 40.6 Å². The molecule has 0 aliphatic heterocycles. The largest absolute Gasteiger partial charge is 0.294 e. The molecule has 2 rings (SSSR count). The van der Waals surface area contributed by atoms with Crippen LogP contribution < -0.4 is 0 Å². The second-order valence-corrected chi connectivity index (χ2v) is 5.76. The lowest BCUT2D eigenvalue weighted by Crippen LogP contribution is -2.06. The molecule has 2 aromatic carbocycles. The van der Waals surface area contributed by atoms with Crippen molar-refractivity contribution in [3.63, 3.8) is 0 Å². The molecule has 0 N–H and O–H groups in total. The van der Waals surface area contributed by atoms with Gasteiger partial charge in [-0.1, -0.05) is 40.9 Å². The normalized spacial score (nSPS) is 11.7. The summed E-state index contributed by atoms with van der Waals surface area (Å²) < 4.78 is 0. The van der Waals surface area contributed by atoms with Crippen molar-refractivity contribution in [2.75, 3.05) is 0 Å². The molecular formula is C16H10Cl3NO. The average molecular weight is 339 g/mol. The van der Waals surface area contributed by atoms with Crippen molar-refractivity contribution in [3.05, 3.63) is 68.7 Å². The lowest BCUT2D eigenvalue weighted by Gasteiger charge is -2.11. The minimum Gasteiger partial charge on any atom is -0.294 e. The van der Waals surface area contributed by atoms with E-state index in [0.717, 1.165) is 0 Å². The van der Waals surface area contributed by atoms with Gasteiger partial charge < -0.3 is 0 Å². The monoisotopic (exact) mass is 337 g/mol. The summed E-state index contributed by atoms with van der Waals surface area (Å²) in [4.78, 5) is 12.2. The van der Waals surface area contributed by atoms with E-state index < -0.39 is 5.92 Å². The highest BCUT2D eigenvalue weighted by molar-refractivity contribution is 6.35. The topological polar surface area (TPSA) is 40.9 Å². The van der Waals surface area contributed by atoms with Crippen LogP contribution in [0.25, 0.3) is 0 Å². The maximum absolute atomic E-state index is 12.2. The SMILES string of the molecule is N#C[C@H](CC(=O)c1ccc(Cl)cc1)c1ccc(Cl)cc1Cl. The van der Waals surface area contributed by atoms with Gasteiger partial charge in [0.2, 0.25) is 0 Å². The molecule has 0 aromatic heterocycles. The maximum Gasteiger partial charge on any atom is 0.164 e. The molecule has 21 heavy (non-hydrogen) atoms. The van der Waals surface area contributed by atoms with E-state index in [1.165, 1.54) is 0 Å². The van der Waals surface area contributed by atoms with Gasteiger partial charge in [0.05, 0.1) is 12.0 Å². The van der Waals surface area contributed by atoms with Crippen LogP contribution in [-0.2, 0) is 0 Å². The van der Waals surface area contributed by atoms with Crippen molar-refractivity contribution in [2.45, 2.75) is 12.3 Å². The van der Waals surface area contributed by atoms with Gasteiger partial charge in [-0.2, -0.15) is 5.26 Å². The zero-order chi connectivity index (χ0) is 15.4. The summed E-state index contributed by atoms with van der Waals surface area (Å²) in [6.07, 6.45) is 0.0550. The highest BCUT2D eigenvalue weighted by Crippen LogP contribution is 2.30. The van der Waals surface area contributed by atoms with Crippen LogP contribution in [0.2, 0.25) is 15.1 Å².